The molecular weight excluding hydrogens is 401 g/mol. The lowest BCUT2D eigenvalue weighted by molar-refractivity contribution is -0.138. The van der Waals surface area contributed by atoms with E-state index in [2.05, 4.69) is 12.2 Å². The van der Waals surface area contributed by atoms with E-state index in [4.69, 9.17) is 16.3 Å². The molecule has 1 aromatic rings. The summed E-state index contributed by atoms with van der Waals surface area (Å²) < 4.78 is 5.38. The molecule has 2 saturated heterocycles. The number of ether oxygens (including phenoxy) is 1. The number of hydrogen-bond donors (Lipinski definition) is 1. The first-order chi connectivity index (χ1) is 13.0. The van der Waals surface area contributed by atoms with Crippen molar-refractivity contribution in [1.82, 2.24) is 10.2 Å². The smallest absolute Gasteiger partial charge is 0.228 e. The summed E-state index contributed by atoms with van der Waals surface area (Å²) in [7, 11) is 1.57. The van der Waals surface area contributed by atoms with Crippen LogP contribution < -0.4 is 15.0 Å². The summed E-state index contributed by atoms with van der Waals surface area (Å²) in [6, 6.07) is 5.47. The van der Waals surface area contributed by atoms with E-state index in [9.17, 15) is 9.59 Å². The van der Waals surface area contributed by atoms with Gasteiger partial charge in [0.15, 0.2) is 0 Å². The van der Waals surface area contributed by atoms with Gasteiger partial charge in [-0.2, -0.15) is 0 Å². The Morgan fingerprint density at radius 3 is 2.71 bits per heavy atom. The predicted octanol–water partition coefficient (Wildman–Crippen LogP) is 3.11. The van der Waals surface area contributed by atoms with Crippen molar-refractivity contribution in [2.24, 2.45) is 5.92 Å². The number of carbonyl (C=O) groups is 2. The molecule has 8 heteroatoms. The van der Waals surface area contributed by atoms with Gasteiger partial charge in [0, 0.05) is 30.6 Å². The van der Waals surface area contributed by atoms with Gasteiger partial charge in [-0.25, -0.2) is 0 Å². The highest BCUT2D eigenvalue weighted by atomic mass is 35.5. The number of piperidine rings is 1. The van der Waals surface area contributed by atoms with E-state index in [0.29, 0.717) is 23.0 Å². The van der Waals surface area contributed by atoms with E-state index in [0.717, 1.165) is 38.9 Å². The van der Waals surface area contributed by atoms with Crippen LogP contribution in [0.2, 0.25) is 5.02 Å². The minimum Gasteiger partial charge on any atom is -0.495 e. The average molecular weight is 430 g/mol. The molecule has 0 bridgehead atoms. The van der Waals surface area contributed by atoms with Crippen LogP contribution in [0.5, 0.6) is 5.75 Å². The van der Waals surface area contributed by atoms with E-state index in [1.807, 2.05) is 4.90 Å². The fourth-order valence-electron chi connectivity index (χ4n) is 4.05. The molecule has 3 rings (SSSR count). The Morgan fingerprint density at radius 1 is 1.36 bits per heavy atom. The fraction of sp³-hybridized carbons (Fsp3) is 0.600. The second kappa shape index (κ2) is 10.3. The molecule has 0 aromatic heterocycles. The van der Waals surface area contributed by atoms with Gasteiger partial charge < -0.3 is 19.9 Å². The van der Waals surface area contributed by atoms with Crippen molar-refractivity contribution in [3.8, 4) is 5.75 Å². The van der Waals surface area contributed by atoms with Gasteiger partial charge in [-0.1, -0.05) is 18.5 Å². The third kappa shape index (κ3) is 4.91. The number of anilines is 1. The van der Waals surface area contributed by atoms with E-state index in [1.165, 1.54) is 0 Å². The number of halogens is 2. The Balaban J connectivity index is 0.00000280. The maximum absolute atomic E-state index is 13.2. The standard InChI is InChI=1S/C20H28ClN3O3.ClH/c1-3-10-23(16-6-8-22-9-7-16)20(26)14-11-19(25)24(13-14)17-12-15(21)4-5-18(17)27-2;/h4-5,12,14,16,22H,3,6-11,13H2,1-2H3;1H. The molecule has 1 unspecified atom stereocenters. The van der Waals surface area contributed by atoms with E-state index < -0.39 is 0 Å². The third-order valence-corrected chi connectivity index (χ3v) is 5.64. The van der Waals surface area contributed by atoms with E-state index >= 15 is 0 Å². The van der Waals surface area contributed by atoms with Crippen molar-refractivity contribution in [3.63, 3.8) is 0 Å². The number of methoxy groups -OCH3 is 1. The fourth-order valence-corrected chi connectivity index (χ4v) is 4.21. The van der Waals surface area contributed by atoms with Crippen LogP contribution in [0.15, 0.2) is 18.2 Å². The first-order valence-corrected chi connectivity index (χ1v) is 10.1. The average Bonchev–Trinajstić information content (AvgIpc) is 3.08. The summed E-state index contributed by atoms with van der Waals surface area (Å²) >= 11 is 6.12. The Hall–Kier alpha value is -1.50. The summed E-state index contributed by atoms with van der Waals surface area (Å²) in [4.78, 5) is 29.6. The Kier molecular flexibility index (Phi) is 8.40. The quantitative estimate of drug-likeness (QED) is 0.754. The molecular formula is C20H29Cl2N3O3. The SMILES string of the molecule is CCCN(C(=O)C1CC(=O)N(c2cc(Cl)ccc2OC)C1)C1CCNCC1.Cl. The molecule has 2 heterocycles. The third-order valence-electron chi connectivity index (χ3n) is 5.40. The van der Waals surface area contributed by atoms with Crippen LogP contribution in [-0.4, -0.2) is 56.0 Å². The van der Waals surface area contributed by atoms with Crippen LogP contribution >= 0.6 is 24.0 Å². The van der Waals surface area contributed by atoms with E-state index in [1.54, 1.807) is 30.2 Å². The number of amides is 2. The first kappa shape index (κ1) is 22.8. The molecule has 2 amide bonds. The molecule has 1 aromatic carbocycles. The summed E-state index contributed by atoms with van der Waals surface area (Å²) in [5, 5.41) is 3.88. The number of nitrogens with one attached hydrogen (secondary N) is 1. The van der Waals surface area contributed by atoms with Gasteiger partial charge in [0.25, 0.3) is 0 Å². The number of hydrogen-bond acceptors (Lipinski definition) is 4. The van der Waals surface area contributed by atoms with Gasteiger partial charge in [0.2, 0.25) is 11.8 Å². The Morgan fingerprint density at radius 2 is 2.07 bits per heavy atom. The minimum absolute atomic E-state index is 0. The molecule has 28 heavy (non-hydrogen) atoms. The van der Waals surface area contributed by atoms with Gasteiger partial charge in [0.1, 0.15) is 5.75 Å². The molecule has 0 spiro atoms. The van der Waals surface area contributed by atoms with E-state index in [-0.39, 0.29) is 42.6 Å². The van der Waals surface area contributed by atoms with Gasteiger partial charge >= 0.3 is 0 Å². The van der Waals surface area contributed by atoms with Crippen LogP contribution in [-0.2, 0) is 9.59 Å². The predicted molar refractivity (Wildman–Crippen MR) is 114 cm³/mol. The van der Waals surface area contributed by atoms with Crippen molar-refractivity contribution in [3.05, 3.63) is 23.2 Å². The van der Waals surface area contributed by atoms with Crippen LogP contribution in [0.1, 0.15) is 32.6 Å². The number of nitrogens with zero attached hydrogens (tertiary/aromatic N) is 2. The van der Waals surface area contributed by atoms with Crippen LogP contribution in [0.25, 0.3) is 0 Å². The van der Waals surface area contributed by atoms with Gasteiger partial charge in [0.05, 0.1) is 18.7 Å². The van der Waals surface area contributed by atoms with Crippen molar-refractivity contribution < 1.29 is 14.3 Å². The maximum Gasteiger partial charge on any atom is 0.228 e. The summed E-state index contributed by atoms with van der Waals surface area (Å²) in [5.41, 5.74) is 0.634. The lowest BCUT2D eigenvalue weighted by Gasteiger charge is -2.36. The summed E-state index contributed by atoms with van der Waals surface area (Å²) in [6.45, 7) is 5.08. The van der Waals surface area contributed by atoms with Crippen LogP contribution in [0, 0.1) is 5.92 Å². The zero-order chi connectivity index (χ0) is 19.4. The molecule has 1 atom stereocenters. The second-order valence-corrected chi connectivity index (χ2v) is 7.67. The zero-order valence-electron chi connectivity index (χ0n) is 16.4. The minimum atomic E-state index is -0.317. The lowest BCUT2D eigenvalue weighted by atomic mass is 10.0. The Bertz CT molecular complexity index is 695. The molecule has 6 nitrogen and oxygen atoms in total. The number of carbonyl (C=O) groups excluding carboxylic acids is 2. The van der Waals surface area contributed by atoms with Crippen molar-refractivity contribution in [2.45, 2.75) is 38.6 Å². The summed E-state index contributed by atoms with van der Waals surface area (Å²) in [6.07, 6.45) is 3.10. The molecule has 0 aliphatic carbocycles. The first-order valence-electron chi connectivity index (χ1n) is 9.70. The number of benzene rings is 1. The summed E-state index contributed by atoms with van der Waals surface area (Å²) in [5.74, 6) is 0.309. The molecule has 0 radical (unpaired) electrons. The van der Waals surface area contributed by atoms with Gasteiger partial charge in [-0.15, -0.1) is 12.4 Å². The van der Waals surface area contributed by atoms with Gasteiger partial charge in [-0.05, 0) is 50.6 Å². The van der Waals surface area contributed by atoms with Gasteiger partial charge in [-0.3, -0.25) is 9.59 Å². The van der Waals surface area contributed by atoms with Crippen molar-refractivity contribution in [2.75, 3.05) is 38.2 Å². The van der Waals surface area contributed by atoms with Crippen molar-refractivity contribution >= 4 is 41.5 Å². The second-order valence-electron chi connectivity index (χ2n) is 7.23. The monoisotopic (exact) mass is 429 g/mol. The molecule has 156 valence electrons. The van der Waals surface area contributed by atoms with Crippen LogP contribution in [0.4, 0.5) is 5.69 Å². The number of rotatable bonds is 6. The molecule has 2 aliphatic heterocycles. The molecule has 2 aliphatic rings. The Labute approximate surface area is 177 Å². The zero-order valence-corrected chi connectivity index (χ0v) is 18.0. The largest absolute Gasteiger partial charge is 0.495 e. The topological polar surface area (TPSA) is 61.9 Å². The molecule has 0 saturated carbocycles. The maximum atomic E-state index is 13.2. The molecule has 1 N–H and O–H groups in total. The van der Waals surface area contributed by atoms with Crippen LogP contribution in [0.3, 0.4) is 0 Å². The highest BCUT2D eigenvalue weighted by molar-refractivity contribution is 6.31. The highest BCUT2D eigenvalue weighted by Gasteiger charge is 2.39. The highest BCUT2D eigenvalue weighted by Crippen LogP contribution is 2.36. The lowest BCUT2D eigenvalue weighted by Crippen LogP contribution is -2.48. The van der Waals surface area contributed by atoms with Crippen molar-refractivity contribution in [1.29, 1.82) is 0 Å². The molecule has 2 fully saturated rings. The normalized spacial score (nSPS) is 20.0.